The quantitative estimate of drug-likeness (QED) is 0.625. The second kappa shape index (κ2) is 8.27. The van der Waals surface area contributed by atoms with E-state index in [9.17, 15) is 13.6 Å². The number of aliphatic carboxylic acids is 1. The van der Waals surface area contributed by atoms with Crippen molar-refractivity contribution in [2.24, 2.45) is 0 Å². The summed E-state index contributed by atoms with van der Waals surface area (Å²) >= 11 is 0. The number of hydrogen-bond acceptors (Lipinski definition) is 3. The minimum absolute atomic E-state index is 0.0769. The van der Waals surface area contributed by atoms with E-state index in [2.05, 4.69) is 9.83 Å². The molecule has 7 heteroatoms. The van der Waals surface area contributed by atoms with Crippen molar-refractivity contribution in [3.63, 3.8) is 0 Å². The van der Waals surface area contributed by atoms with Crippen LogP contribution < -0.4 is 4.74 Å². The van der Waals surface area contributed by atoms with Gasteiger partial charge in [0.15, 0.2) is 5.69 Å². The first-order valence-electron chi connectivity index (χ1n) is 8.22. The summed E-state index contributed by atoms with van der Waals surface area (Å²) in [5.41, 5.74) is 1.46. The number of rotatable bonds is 6. The Morgan fingerprint density at radius 1 is 1.07 bits per heavy atom. The fraction of sp³-hybridized carbons (Fsp3) is 0.0952. The van der Waals surface area contributed by atoms with Crippen LogP contribution in [0.25, 0.3) is 16.1 Å². The SMILES string of the molecule is [C-]#[N+]c1ccc(COc2cccc(-c3ccc(CC(=O)O)c(F)c3)n2)c(F)c1. The topological polar surface area (TPSA) is 63.8 Å². The molecular weight excluding hydrogens is 366 g/mol. The highest BCUT2D eigenvalue weighted by molar-refractivity contribution is 5.71. The molecule has 0 bridgehead atoms. The van der Waals surface area contributed by atoms with Gasteiger partial charge in [0.05, 0.1) is 18.7 Å². The average Bonchev–Trinajstić information content (AvgIpc) is 2.68. The largest absolute Gasteiger partial charge is 0.481 e. The summed E-state index contributed by atoms with van der Waals surface area (Å²) in [5, 5.41) is 8.78. The number of nitrogens with zero attached hydrogens (tertiary/aromatic N) is 2. The van der Waals surface area contributed by atoms with Crippen LogP contribution in [0.1, 0.15) is 11.1 Å². The number of aromatic nitrogens is 1. The molecule has 5 nitrogen and oxygen atoms in total. The van der Waals surface area contributed by atoms with Crippen molar-refractivity contribution in [1.82, 2.24) is 4.98 Å². The third kappa shape index (κ3) is 4.48. The van der Waals surface area contributed by atoms with E-state index in [1.165, 1.54) is 24.3 Å². The molecular formula is C21H14F2N2O3. The number of halogens is 2. The second-order valence-corrected chi connectivity index (χ2v) is 5.91. The van der Waals surface area contributed by atoms with Crippen LogP contribution >= 0.6 is 0 Å². The summed E-state index contributed by atoms with van der Waals surface area (Å²) in [6, 6.07) is 13.2. The maximum atomic E-state index is 14.1. The van der Waals surface area contributed by atoms with Crippen molar-refractivity contribution in [3.05, 3.63) is 88.8 Å². The minimum atomic E-state index is -1.11. The average molecular weight is 380 g/mol. The van der Waals surface area contributed by atoms with Gasteiger partial charge in [0.2, 0.25) is 5.88 Å². The monoisotopic (exact) mass is 380 g/mol. The minimum Gasteiger partial charge on any atom is -0.481 e. The number of carboxylic acids is 1. The zero-order valence-corrected chi connectivity index (χ0v) is 14.5. The van der Waals surface area contributed by atoms with Crippen LogP contribution in [0.3, 0.4) is 0 Å². The molecule has 28 heavy (non-hydrogen) atoms. The molecule has 0 unspecified atom stereocenters. The van der Waals surface area contributed by atoms with Crippen molar-refractivity contribution in [2.75, 3.05) is 0 Å². The predicted molar refractivity (Wildman–Crippen MR) is 98.0 cm³/mol. The predicted octanol–water partition coefficient (Wildman–Crippen LogP) is 4.78. The van der Waals surface area contributed by atoms with Crippen LogP contribution in [0, 0.1) is 18.2 Å². The molecule has 3 rings (SSSR count). The fourth-order valence-corrected chi connectivity index (χ4v) is 2.54. The molecule has 0 spiro atoms. The van der Waals surface area contributed by atoms with Crippen molar-refractivity contribution in [1.29, 1.82) is 0 Å². The summed E-state index contributed by atoms with van der Waals surface area (Å²) < 4.78 is 33.5. The number of ether oxygens (including phenoxy) is 1. The van der Waals surface area contributed by atoms with Gasteiger partial charge in [0.1, 0.15) is 18.2 Å². The van der Waals surface area contributed by atoms with Gasteiger partial charge in [-0.1, -0.05) is 30.3 Å². The van der Waals surface area contributed by atoms with Gasteiger partial charge in [0, 0.05) is 17.2 Å². The number of hydrogen-bond donors (Lipinski definition) is 1. The van der Waals surface area contributed by atoms with E-state index in [0.29, 0.717) is 11.3 Å². The highest BCUT2D eigenvalue weighted by atomic mass is 19.1. The number of pyridine rings is 1. The summed E-state index contributed by atoms with van der Waals surface area (Å²) in [6.07, 6.45) is -0.402. The molecule has 2 aromatic carbocycles. The van der Waals surface area contributed by atoms with E-state index < -0.39 is 24.0 Å². The molecule has 0 amide bonds. The molecule has 1 heterocycles. The molecule has 0 atom stereocenters. The molecule has 1 aromatic heterocycles. The summed E-state index contributed by atoms with van der Waals surface area (Å²) in [4.78, 5) is 18.2. The van der Waals surface area contributed by atoms with E-state index in [1.54, 1.807) is 24.3 Å². The smallest absolute Gasteiger partial charge is 0.307 e. The molecule has 140 valence electrons. The molecule has 0 aliphatic heterocycles. The maximum Gasteiger partial charge on any atom is 0.307 e. The standard InChI is InChI=1S/C21H14F2N2O3/c1-24-16-8-7-15(18(23)11-16)12-28-20-4-2-3-19(25-20)14-6-5-13(10-21(26)27)17(22)9-14/h2-9,11H,10,12H2,(H,26,27). The van der Waals surface area contributed by atoms with E-state index in [-0.39, 0.29) is 29.3 Å². The lowest BCUT2D eigenvalue weighted by Crippen LogP contribution is -2.03. The van der Waals surface area contributed by atoms with Gasteiger partial charge in [-0.3, -0.25) is 4.79 Å². The molecule has 0 saturated carbocycles. The Kier molecular flexibility index (Phi) is 5.61. The highest BCUT2D eigenvalue weighted by Gasteiger charge is 2.10. The normalized spacial score (nSPS) is 10.3. The summed E-state index contributed by atoms with van der Waals surface area (Å²) in [5.74, 6) is -2.06. The van der Waals surface area contributed by atoms with Crippen molar-refractivity contribution < 1.29 is 23.4 Å². The van der Waals surface area contributed by atoms with Gasteiger partial charge in [-0.2, -0.15) is 0 Å². The van der Waals surface area contributed by atoms with Gasteiger partial charge < -0.3 is 9.84 Å². The summed E-state index contributed by atoms with van der Waals surface area (Å²) in [6.45, 7) is 6.80. The lowest BCUT2D eigenvalue weighted by atomic mass is 10.1. The van der Waals surface area contributed by atoms with Crippen LogP contribution in [0.4, 0.5) is 14.5 Å². The molecule has 3 aromatic rings. The van der Waals surface area contributed by atoms with Crippen molar-refractivity contribution in [3.8, 4) is 17.1 Å². The van der Waals surface area contributed by atoms with E-state index in [4.69, 9.17) is 16.4 Å². The van der Waals surface area contributed by atoms with Crippen LogP contribution in [0.2, 0.25) is 0 Å². The fourth-order valence-electron chi connectivity index (χ4n) is 2.54. The lowest BCUT2D eigenvalue weighted by Gasteiger charge is -2.09. The van der Waals surface area contributed by atoms with Gasteiger partial charge in [-0.05, 0) is 23.8 Å². The van der Waals surface area contributed by atoms with Gasteiger partial charge in [-0.25, -0.2) is 18.6 Å². The molecule has 0 aliphatic rings. The Labute approximate surface area is 159 Å². The first-order chi connectivity index (χ1) is 13.5. The zero-order valence-electron chi connectivity index (χ0n) is 14.5. The van der Waals surface area contributed by atoms with E-state index in [0.717, 1.165) is 6.07 Å². The lowest BCUT2D eigenvalue weighted by molar-refractivity contribution is -0.136. The Morgan fingerprint density at radius 2 is 1.82 bits per heavy atom. The third-order valence-corrected chi connectivity index (χ3v) is 3.96. The van der Waals surface area contributed by atoms with Crippen LogP contribution in [0.15, 0.2) is 54.6 Å². The maximum absolute atomic E-state index is 14.1. The highest BCUT2D eigenvalue weighted by Crippen LogP contribution is 2.24. The van der Waals surface area contributed by atoms with E-state index >= 15 is 0 Å². The van der Waals surface area contributed by atoms with Gasteiger partial charge >= 0.3 is 5.97 Å². The van der Waals surface area contributed by atoms with Gasteiger partial charge in [0.25, 0.3) is 0 Å². The van der Waals surface area contributed by atoms with Crippen LogP contribution in [-0.2, 0) is 17.8 Å². The molecule has 0 radical (unpaired) electrons. The first-order valence-corrected chi connectivity index (χ1v) is 8.22. The molecule has 0 fully saturated rings. The van der Waals surface area contributed by atoms with Crippen LogP contribution in [0.5, 0.6) is 5.88 Å². The van der Waals surface area contributed by atoms with E-state index in [1.807, 2.05) is 0 Å². The number of carbonyl (C=O) groups is 1. The molecule has 1 N–H and O–H groups in total. The van der Waals surface area contributed by atoms with Crippen molar-refractivity contribution in [2.45, 2.75) is 13.0 Å². The molecule has 0 aliphatic carbocycles. The second-order valence-electron chi connectivity index (χ2n) is 5.91. The molecule has 0 saturated heterocycles. The van der Waals surface area contributed by atoms with Crippen LogP contribution in [-0.4, -0.2) is 16.1 Å². The Hall–Kier alpha value is -3.79. The Morgan fingerprint density at radius 3 is 2.50 bits per heavy atom. The zero-order chi connectivity index (χ0) is 20.1. The summed E-state index contributed by atoms with van der Waals surface area (Å²) in [7, 11) is 0. The first kappa shape index (κ1) is 19.0. The third-order valence-electron chi connectivity index (χ3n) is 3.96. The Balaban J connectivity index is 1.76. The van der Waals surface area contributed by atoms with Crippen molar-refractivity contribution >= 4 is 11.7 Å². The number of benzene rings is 2. The Bertz CT molecular complexity index is 1080. The van der Waals surface area contributed by atoms with Gasteiger partial charge in [-0.15, -0.1) is 0 Å². The number of carboxylic acid groups (broad SMARTS) is 1.